The number of carboxylic acids is 1. The zero-order valence-electron chi connectivity index (χ0n) is 26.6. The Morgan fingerprint density at radius 3 is 0.821 bits per heavy atom. The molecule has 1 amide bonds. The van der Waals surface area contributed by atoms with Crippen LogP contribution in [0.1, 0.15) is 206 Å². The van der Waals surface area contributed by atoms with Crippen LogP contribution in [0.25, 0.3) is 0 Å². The van der Waals surface area contributed by atoms with Crippen molar-refractivity contribution in [2.75, 3.05) is 0 Å². The van der Waals surface area contributed by atoms with Gasteiger partial charge in [0.15, 0.2) is 0 Å². The maximum absolute atomic E-state index is 12.2. The first-order valence-corrected chi connectivity index (χ1v) is 17.5. The number of hydrogen-bond acceptors (Lipinski definition) is 2. The SMILES string of the molecule is CCCCCCCCCCCCCCCCC(CCCCCCCCCCCCCCCC)(C(N)=O)C(=O)O. The van der Waals surface area contributed by atoms with Gasteiger partial charge >= 0.3 is 5.97 Å². The number of rotatable bonds is 32. The minimum atomic E-state index is -1.37. The summed E-state index contributed by atoms with van der Waals surface area (Å²) in [7, 11) is 0. The van der Waals surface area contributed by atoms with Gasteiger partial charge in [-0.1, -0.05) is 194 Å². The molecular weight excluding hydrogens is 482 g/mol. The van der Waals surface area contributed by atoms with Gasteiger partial charge in [-0.25, -0.2) is 0 Å². The highest BCUT2D eigenvalue weighted by atomic mass is 16.4. The van der Waals surface area contributed by atoms with Gasteiger partial charge in [0.25, 0.3) is 0 Å². The van der Waals surface area contributed by atoms with E-state index in [9.17, 15) is 14.7 Å². The maximum Gasteiger partial charge on any atom is 0.319 e. The van der Waals surface area contributed by atoms with Gasteiger partial charge in [-0.05, 0) is 12.8 Å². The summed E-state index contributed by atoms with van der Waals surface area (Å²) in [5.74, 6) is -1.65. The summed E-state index contributed by atoms with van der Waals surface area (Å²) in [4.78, 5) is 24.3. The van der Waals surface area contributed by atoms with Crippen LogP contribution >= 0.6 is 0 Å². The van der Waals surface area contributed by atoms with Crippen molar-refractivity contribution in [1.29, 1.82) is 0 Å². The molecule has 4 heteroatoms. The number of carbonyl (C=O) groups is 2. The predicted octanol–water partition coefficient (Wildman–Crippen LogP) is 11.3. The lowest BCUT2D eigenvalue weighted by Crippen LogP contribution is -2.44. The molecule has 0 aromatic heterocycles. The van der Waals surface area contributed by atoms with E-state index in [-0.39, 0.29) is 0 Å². The molecule has 0 aromatic rings. The van der Waals surface area contributed by atoms with Crippen LogP contribution in [0.5, 0.6) is 0 Å². The monoisotopic (exact) mass is 552 g/mol. The van der Waals surface area contributed by atoms with Crippen molar-refractivity contribution in [3.8, 4) is 0 Å². The van der Waals surface area contributed by atoms with E-state index in [4.69, 9.17) is 5.73 Å². The molecule has 4 nitrogen and oxygen atoms in total. The van der Waals surface area contributed by atoms with E-state index in [1.54, 1.807) is 0 Å². The molecule has 0 aliphatic rings. The Kier molecular flexibility index (Phi) is 27.7. The standard InChI is InChI=1S/C35H69NO3/c1-3-5-7-9-11-13-15-17-19-21-23-25-27-29-31-35(33(36)37,34(38)39)32-30-28-26-24-22-20-18-16-14-12-10-8-6-4-2/h3-32H2,1-2H3,(H2,36,37)(H,38,39). The van der Waals surface area contributed by atoms with Gasteiger partial charge in [0.1, 0.15) is 5.41 Å². The van der Waals surface area contributed by atoms with Crippen LogP contribution in [-0.2, 0) is 9.59 Å². The Morgan fingerprint density at radius 2 is 0.641 bits per heavy atom. The molecule has 0 radical (unpaired) electrons. The first-order valence-electron chi connectivity index (χ1n) is 17.5. The zero-order valence-corrected chi connectivity index (χ0v) is 26.6. The first-order chi connectivity index (χ1) is 19.0. The number of primary amides is 1. The molecule has 0 fully saturated rings. The average molecular weight is 552 g/mol. The molecule has 0 aliphatic heterocycles. The van der Waals surface area contributed by atoms with E-state index in [0.29, 0.717) is 12.8 Å². The van der Waals surface area contributed by atoms with Crippen LogP contribution in [0.2, 0.25) is 0 Å². The third kappa shape index (κ3) is 22.3. The Bertz CT molecular complexity index is 500. The molecule has 0 aliphatic carbocycles. The fraction of sp³-hybridized carbons (Fsp3) is 0.943. The minimum Gasteiger partial charge on any atom is -0.480 e. The first kappa shape index (κ1) is 37.9. The molecule has 0 aromatic carbocycles. The van der Waals surface area contributed by atoms with Gasteiger partial charge in [-0.3, -0.25) is 9.59 Å². The minimum absolute atomic E-state index is 0.397. The highest BCUT2D eigenvalue weighted by molar-refractivity contribution is 6.01. The van der Waals surface area contributed by atoms with Crippen molar-refractivity contribution >= 4 is 11.9 Å². The van der Waals surface area contributed by atoms with Crippen molar-refractivity contribution in [2.45, 2.75) is 206 Å². The molecule has 0 rings (SSSR count). The summed E-state index contributed by atoms with van der Waals surface area (Å²) in [5.41, 5.74) is 4.29. The summed E-state index contributed by atoms with van der Waals surface area (Å²) < 4.78 is 0. The number of carbonyl (C=O) groups excluding carboxylic acids is 1. The van der Waals surface area contributed by atoms with E-state index in [0.717, 1.165) is 38.5 Å². The van der Waals surface area contributed by atoms with Gasteiger partial charge in [0.05, 0.1) is 0 Å². The Balaban J connectivity index is 3.83. The third-order valence-corrected chi connectivity index (χ3v) is 8.80. The second-order valence-electron chi connectivity index (χ2n) is 12.4. The predicted molar refractivity (Wildman–Crippen MR) is 169 cm³/mol. The van der Waals surface area contributed by atoms with Crippen LogP contribution in [0.4, 0.5) is 0 Å². The highest BCUT2D eigenvalue weighted by Crippen LogP contribution is 2.32. The zero-order chi connectivity index (χ0) is 28.9. The molecule has 0 atom stereocenters. The molecule has 0 unspecified atom stereocenters. The van der Waals surface area contributed by atoms with Gasteiger partial charge < -0.3 is 10.8 Å². The van der Waals surface area contributed by atoms with Crippen molar-refractivity contribution in [1.82, 2.24) is 0 Å². The number of carboxylic acid groups (broad SMARTS) is 1. The molecule has 0 saturated carbocycles. The number of amides is 1. The molecular formula is C35H69NO3. The van der Waals surface area contributed by atoms with Gasteiger partial charge in [0.2, 0.25) is 5.91 Å². The smallest absolute Gasteiger partial charge is 0.319 e. The van der Waals surface area contributed by atoms with Gasteiger partial charge in [-0.2, -0.15) is 0 Å². The van der Waals surface area contributed by atoms with E-state index in [1.807, 2.05) is 0 Å². The second kappa shape index (κ2) is 28.5. The number of aliphatic carboxylic acids is 1. The Morgan fingerprint density at radius 1 is 0.436 bits per heavy atom. The van der Waals surface area contributed by atoms with E-state index in [1.165, 1.54) is 141 Å². The highest BCUT2D eigenvalue weighted by Gasteiger charge is 2.43. The van der Waals surface area contributed by atoms with Crippen LogP contribution in [0, 0.1) is 5.41 Å². The van der Waals surface area contributed by atoms with Crippen molar-refractivity contribution in [3.05, 3.63) is 0 Å². The van der Waals surface area contributed by atoms with Gasteiger partial charge in [0, 0.05) is 0 Å². The summed E-state index contributed by atoms with van der Waals surface area (Å²) in [6, 6.07) is 0. The van der Waals surface area contributed by atoms with Crippen molar-refractivity contribution in [2.24, 2.45) is 11.1 Å². The Labute approximate surface area is 244 Å². The lowest BCUT2D eigenvalue weighted by atomic mass is 9.77. The average Bonchev–Trinajstić information content (AvgIpc) is 2.91. The van der Waals surface area contributed by atoms with E-state index < -0.39 is 17.3 Å². The van der Waals surface area contributed by atoms with E-state index >= 15 is 0 Å². The molecule has 0 spiro atoms. The van der Waals surface area contributed by atoms with Crippen LogP contribution in [-0.4, -0.2) is 17.0 Å². The summed E-state index contributed by atoms with van der Waals surface area (Å²) in [5, 5.41) is 9.90. The molecule has 232 valence electrons. The van der Waals surface area contributed by atoms with Crippen molar-refractivity contribution < 1.29 is 14.7 Å². The van der Waals surface area contributed by atoms with Crippen molar-refractivity contribution in [3.63, 3.8) is 0 Å². The number of hydrogen-bond donors (Lipinski definition) is 2. The lowest BCUT2D eigenvalue weighted by Gasteiger charge is -2.26. The normalized spacial score (nSPS) is 11.7. The number of nitrogens with two attached hydrogens (primary N) is 1. The quantitative estimate of drug-likeness (QED) is 0.0644. The number of unbranched alkanes of at least 4 members (excludes halogenated alkanes) is 26. The van der Waals surface area contributed by atoms with Gasteiger partial charge in [-0.15, -0.1) is 0 Å². The second-order valence-corrected chi connectivity index (χ2v) is 12.4. The molecule has 0 heterocycles. The van der Waals surface area contributed by atoms with Crippen LogP contribution < -0.4 is 5.73 Å². The van der Waals surface area contributed by atoms with Crippen LogP contribution in [0.3, 0.4) is 0 Å². The molecule has 0 saturated heterocycles. The third-order valence-electron chi connectivity index (χ3n) is 8.80. The summed E-state index contributed by atoms with van der Waals surface area (Å²) >= 11 is 0. The maximum atomic E-state index is 12.2. The molecule has 3 N–H and O–H groups in total. The fourth-order valence-corrected chi connectivity index (χ4v) is 5.93. The molecule has 39 heavy (non-hydrogen) atoms. The summed E-state index contributed by atoms with van der Waals surface area (Å²) in [6.07, 6.45) is 36.2. The summed E-state index contributed by atoms with van der Waals surface area (Å²) in [6.45, 7) is 4.53. The topological polar surface area (TPSA) is 80.4 Å². The lowest BCUT2D eigenvalue weighted by molar-refractivity contribution is -0.156. The fourth-order valence-electron chi connectivity index (χ4n) is 5.93. The largest absolute Gasteiger partial charge is 0.480 e. The van der Waals surface area contributed by atoms with E-state index in [2.05, 4.69) is 13.8 Å². The Hall–Kier alpha value is -1.06. The molecule has 0 bridgehead atoms. The van der Waals surface area contributed by atoms with Crippen LogP contribution in [0.15, 0.2) is 0 Å².